The molecule has 0 N–H and O–H groups in total. The van der Waals surface area contributed by atoms with Gasteiger partial charge >= 0.3 is 0 Å². The van der Waals surface area contributed by atoms with Crippen LogP contribution in [0.3, 0.4) is 0 Å². The normalized spacial score (nSPS) is 23.3. The zero-order valence-electron chi connectivity index (χ0n) is 19.7. The molecule has 4 heterocycles. The van der Waals surface area contributed by atoms with Gasteiger partial charge in [0.2, 0.25) is 11.5 Å². The fourth-order valence-electron chi connectivity index (χ4n) is 5.00. The van der Waals surface area contributed by atoms with Crippen molar-refractivity contribution >= 4 is 11.2 Å². The third kappa shape index (κ3) is 4.45. The van der Waals surface area contributed by atoms with Crippen molar-refractivity contribution in [2.45, 2.75) is 76.2 Å². The van der Waals surface area contributed by atoms with Gasteiger partial charge in [-0.3, -0.25) is 4.79 Å². The van der Waals surface area contributed by atoms with Crippen LogP contribution >= 0.6 is 0 Å². The Bertz CT molecular complexity index is 1280. The summed E-state index contributed by atoms with van der Waals surface area (Å²) in [5.41, 5.74) is 4.38. The quantitative estimate of drug-likeness (QED) is 0.555. The van der Waals surface area contributed by atoms with Gasteiger partial charge in [-0.05, 0) is 51.2 Å². The lowest BCUT2D eigenvalue weighted by Gasteiger charge is -2.31. The van der Waals surface area contributed by atoms with Crippen molar-refractivity contribution in [1.82, 2.24) is 24.5 Å². The summed E-state index contributed by atoms with van der Waals surface area (Å²) in [6.45, 7) is 4.34. The van der Waals surface area contributed by atoms with Crippen molar-refractivity contribution in [3.05, 3.63) is 57.2 Å². The van der Waals surface area contributed by atoms with E-state index in [1.54, 1.807) is 17.7 Å². The molecule has 1 saturated heterocycles. The molecular weight excluding hydrogens is 440 g/mol. The van der Waals surface area contributed by atoms with E-state index in [9.17, 15) is 13.6 Å². The fraction of sp³-hybridized carbons (Fsp3) is 0.560. The second-order valence-corrected chi connectivity index (χ2v) is 9.66. The van der Waals surface area contributed by atoms with Crippen LogP contribution in [-0.2, 0) is 11.8 Å². The van der Waals surface area contributed by atoms with Gasteiger partial charge in [-0.25, -0.2) is 28.7 Å². The van der Waals surface area contributed by atoms with E-state index < -0.39 is 5.92 Å². The van der Waals surface area contributed by atoms with Gasteiger partial charge in [0.1, 0.15) is 11.3 Å². The van der Waals surface area contributed by atoms with Crippen LogP contribution in [0.25, 0.3) is 11.2 Å². The van der Waals surface area contributed by atoms with E-state index in [0.29, 0.717) is 42.9 Å². The first-order valence-electron chi connectivity index (χ1n) is 11.9. The standard InChI is InChI=1S/C25H29F2N5O2/c1-14-15(2)29-24-22(28-14)21(16-6-9-25(26,27)10-7-16)30-23(31-24)17-8-11-34-19(12-17)18-4-5-20(33)32(3)13-18/h4-5,13,16-17,19H,6-12H2,1-3H3/t17-,19+/m0/s1. The molecule has 0 radical (unpaired) electrons. The van der Waals surface area contributed by atoms with E-state index in [1.807, 2.05) is 26.1 Å². The molecule has 0 spiro atoms. The number of pyridine rings is 1. The number of aromatic nitrogens is 5. The van der Waals surface area contributed by atoms with E-state index >= 15 is 0 Å². The number of rotatable bonds is 3. The Morgan fingerprint density at radius 3 is 2.47 bits per heavy atom. The third-order valence-corrected chi connectivity index (χ3v) is 7.22. The zero-order valence-corrected chi connectivity index (χ0v) is 19.7. The molecule has 1 aliphatic carbocycles. The summed E-state index contributed by atoms with van der Waals surface area (Å²) in [6, 6.07) is 3.36. The first-order chi connectivity index (χ1) is 16.2. The predicted molar refractivity (Wildman–Crippen MR) is 123 cm³/mol. The molecule has 1 aliphatic heterocycles. The second-order valence-electron chi connectivity index (χ2n) is 9.66. The molecule has 5 rings (SSSR count). The molecular formula is C25H29F2N5O2. The molecule has 34 heavy (non-hydrogen) atoms. The molecule has 3 aromatic rings. The first kappa shape index (κ1) is 23.0. The Labute approximate surface area is 196 Å². The van der Waals surface area contributed by atoms with Crippen molar-refractivity contribution in [2.24, 2.45) is 7.05 Å². The van der Waals surface area contributed by atoms with Crippen molar-refractivity contribution in [1.29, 1.82) is 0 Å². The van der Waals surface area contributed by atoms with Crippen LogP contribution < -0.4 is 5.56 Å². The number of alkyl halides is 2. The molecule has 2 aliphatic rings. The van der Waals surface area contributed by atoms with E-state index in [2.05, 4.69) is 4.98 Å². The molecule has 0 bridgehead atoms. The van der Waals surface area contributed by atoms with Crippen LogP contribution in [0.1, 0.15) is 84.9 Å². The minimum absolute atomic E-state index is 0.0348. The maximum atomic E-state index is 13.9. The largest absolute Gasteiger partial charge is 0.373 e. The van der Waals surface area contributed by atoms with Crippen LogP contribution in [0.15, 0.2) is 23.1 Å². The number of fused-ring (bicyclic) bond motifs is 1. The lowest BCUT2D eigenvalue weighted by atomic mass is 9.84. The second kappa shape index (κ2) is 8.76. The Balaban J connectivity index is 1.52. The Morgan fingerprint density at radius 2 is 1.74 bits per heavy atom. The van der Waals surface area contributed by atoms with E-state index in [1.165, 1.54) is 0 Å². The van der Waals surface area contributed by atoms with Crippen LogP contribution in [0, 0.1) is 13.8 Å². The summed E-state index contributed by atoms with van der Waals surface area (Å²) in [7, 11) is 1.72. The average molecular weight is 470 g/mol. The van der Waals surface area contributed by atoms with Crippen LogP contribution in [0.2, 0.25) is 0 Å². The van der Waals surface area contributed by atoms with Crippen molar-refractivity contribution in [3.8, 4) is 0 Å². The lowest BCUT2D eigenvalue weighted by molar-refractivity contribution is -0.0384. The van der Waals surface area contributed by atoms with Gasteiger partial charge in [-0.1, -0.05) is 0 Å². The van der Waals surface area contributed by atoms with Crippen molar-refractivity contribution < 1.29 is 13.5 Å². The number of hydrogen-bond donors (Lipinski definition) is 0. The minimum atomic E-state index is -2.61. The van der Waals surface area contributed by atoms with Gasteiger partial charge in [0.15, 0.2) is 5.65 Å². The molecule has 0 amide bonds. The van der Waals surface area contributed by atoms with Gasteiger partial charge in [-0.15, -0.1) is 0 Å². The molecule has 0 unspecified atom stereocenters. The number of aryl methyl sites for hydroxylation is 3. The molecule has 180 valence electrons. The monoisotopic (exact) mass is 469 g/mol. The topological polar surface area (TPSA) is 82.8 Å². The van der Waals surface area contributed by atoms with Gasteiger partial charge in [0, 0.05) is 50.6 Å². The van der Waals surface area contributed by atoms with Gasteiger partial charge < -0.3 is 9.30 Å². The summed E-state index contributed by atoms with van der Waals surface area (Å²) in [6.07, 6.45) is 3.54. The highest BCUT2D eigenvalue weighted by atomic mass is 19.3. The zero-order chi connectivity index (χ0) is 24.0. The fourth-order valence-corrected chi connectivity index (χ4v) is 5.00. The van der Waals surface area contributed by atoms with E-state index in [-0.39, 0.29) is 36.3 Å². The highest BCUT2D eigenvalue weighted by molar-refractivity contribution is 5.73. The summed E-state index contributed by atoms with van der Waals surface area (Å²) < 4.78 is 35.3. The smallest absolute Gasteiger partial charge is 0.250 e. The lowest BCUT2D eigenvalue weighted by Crippen LogP contribution is -2.26. The Morgan fingerprint density at radius 1 is 1.00 bits per heavy atom. The Hall–Kier alpha value is -2.81. The molecule has 1 saturated carbocycles. The summed E-state index contributed by atoms with van der Waals surface area (Å²) in [5.74, 6) is -1.98. The maximum Gasteiger partial charge on any atom is 0.250 e. The third-order valence-electron chi connectivity index (χ3n) is 7.22. The van der Waals surface area contributed by atoms with Gasteiger partial charge in [0.05, 0.1) is 23.2 Å². The molecule has 7 nitrogen and oxygen atoms in total. The SMILES string of the molecule is Cc1nc2nc([C@H]3CCO[C@@H](c4ccc(=O)n(C)c4)C3)nc(C3CCC(F)(F)CC3)c2nc1C. The van der Waals surface area contributed by atoms with Gasteiger partial charge in [0.25, 0.3) is 0 Å². The number of ether oxygens (including phenoxy) is 1. The van der Waals surface area contributed by atoms with E-state index in [0.717, 1.165) is 29.1 Å². The van der Waals surface area contributed by atoms with Crippen LogP contribution in [0.5, 0.6) is 0 Å². The summed E-state index contributed by atoms with van der Waals surface area (Å²) in [5, 5.41) is 0. The van der Waals surface area contributed by atoms with Gasteiger partial charge in [-0.2, -0.15) is 0 Å². The summed E-state index contributed by atoms with van der Waals surface area (Å²) >= 11 is 0. The van der Waals surface area contributed by atoms with Crippen molar-refractivity contribution in [3.63, 3.8) is 0 Å². The predicted octanol–water partition coefficient (Wildman–Crippen LogP) is 4.66. The van der Waals surface area contributed by atoms with Crippen LogP contribution in [0.4, 0.5) is 8.78 Å². The molecule has 9 heteroatoms. The molecule has 0 aromatic carbocycles. The number of halogens is 2. The number of hydrogen-bond acceptors (Lipinski definition) is 6. The van der Waals surface area contributed by atoms with Crippen molar-refractivity contribution in [2.75, 3.05) is 6.61 Å². The molecule has 3 aromatic heterocycles. The minimum Gasteiger partial charge on any atom is -0.373 e. The summed E-state index contributed by atoms with van der Waals surface area (Å²) in [4.78, 5) is 30.9. The van der Waals surface area contributed by atoms with Crippen LogP contribution in [-0.4, -0.2) is 37.0 Å². The highest BCUT2D eigenvalue weighted by Gasteiger charge is 2.37. The molecule has 2 fully saturated rings. The molecule has 2 atom stereocenters. The Kier molecular flexibility index (Phi) is 5.91. The number of nitrogens with zero attached hydrogens (tertiary/aromatic N) is 5. The van der Waals surface area contributed by atoms with E-state index in [4.69, 9.17) is 19.7 Å². The maximum absolute atomic E-state index is 13.9. The first-order valence-corrected chi connectivity index (χ1v) is 11.9. The average Bonchev–Trinajstić information content (AvgIpc) is 2.81. The highest BCUT2D eigenvalue weighted by Crippen LogP contribution is 2.43.